The fraction of sp³-hybridized carbons (Fsp3) is 0.824. The van der Waals surface area contributed by atoms with Gasteiger partial charge in [-0.05, 0) is 81.2 Å². The van der Waals surface area contributed by atoms with Gasteiger partial charge in [0.1, 0.15) is 0 Å². The van der Waals surface area contributed by atoms with Crippen LogP contribution in [0.1, 0.15) is 43.5 Å². The predicted octanol–water partition coefficient (Wildman–Crippen LogP) is 2.89. The van der Waals surface area contributed by atoms with Crippen LogP contribution in [0.3, 0.4) is 0 Å². The zero-order valence-corrected chi connectivity index (χ0v) is 12.8. The Hall–Kier alpha value is -0.830. The van der Waals surface area contributed by atoms with Crippen molar-refractivity contribution in [3.8, 4) is 0 Å². The van der Waals surface area contributed by atoms with E-state index in [0.29, 0.717) is 0 Å². The Balaban J connectivity index is 1.35. The number of hydrogen-bond acceptors (Lipinski definition) is 2. The Bertz CT molecular complexity index is 462. The standard InChI is InChI=1S/C17H27N3/c1-11-3-16(20(2)19-11)9-18-10-17-14-5-12-4-13(7-14)8-15(17)6-12/h3,12-15,17-18H,4-10H2,1-2H3. The Labute approximate surface area is 122 Å². The monoisotopic (exact) mass is 273 g/mol. The van der Waals surface area contributed by atoms with Crippen molar-refractivity contribution in [3.63, 3.8) is 0 Å². The number of hydrogen-bond donors (Lipinski definition) is 1. The van der Waals surface area contributed by atoms with Gasteiger partial charge in [-0.25, -0.2) is 0 Å². The summed E-state index contributed by atoms with van der Waals surface area (Å²) in [4.78, 5) is 0. The summed E-state index contributed by atoms with van der Waals surface area (Å²) in [6.07, 6.45) is 7.68. The molecule has 3 nitrogen and oxygen atoms in total. The maximum atomic E-state index is 4.43. The molecule has 1 aromatic heterocycles. The average molecular weight is 273 g/mol. The first-order valence-electron chi connectivity index (χ1n) is 8.39. The largest absolute Gasteiger partial charge is 0.311 e. The minimum atomic E-state index is 0.956. The van der Waals surface area contributed by atoms with E-state index in [0.717, 1.165) is 41.8 Å². The zero-order chi connectivity index (χ0) is 13.7. The van der Waals surface area contributed by atoms with Crippen LogP contribution in [-0.4, -0.2) is 16.3 Å². The molecule has 4 fully saturated rings. The maximum absolute atomic E-state index is 4.43. The van der Waals surface area contributed by atoms with Gasteiger partial charge in [0, 0.05) is 13.6 Å². The summed E-state index contributed by atoms with van der Waals surface area (Å²) >= 11 is 0. The lowest BCUT2D eigenvalue weighted by atomic mass is 9.52. The molecule has 4 aliphatic carbocycles. The normalized spacial score (nSPS) is 38.6. The van der Waals surface area contributed by atoms with Gasteiger partial charge in [0.25, 0.3) is 0 Å². The van der Waals surface area contributed by atoms with Crippen LogP contribution < -0.4 is 5.32 Å². The van der Waals surface area contributed by atoms with E-state index in [4.69, 9.17) is 0 Å². The smallest absolute Gasteiger partial charge is 0.0597 e. The Morgan fingerprint density at radius 3 is 2.35 bits per heavy atom. The minimum absolute atomic E-state index is 0.956. The van der Waals surface area contributed by atoms with E-state index >= 15 is 0 Å². The molecule has 0 amide bonds. The van der Waals surface area contributed by atoms with Crippen LogP contribution >= 0.6 is 0 Å². The Morgan fingerprint density at radius 1 is 1.15 bits per heavy atom. The summed E-state index contributed by atoms with van der Waals surface area (Å²) in [7, 11) is 2.05. The molecule has 0 radical (unpaired) electrons. The highest BCUT2D eigenvalue weighted by molar-refractivity contribution is 5.08. The molecule has 0 unspecified atom stereocenters. The second-order valence-corrected chi connectivity index (χ2v) is 7.63. The third-order valence-electron chi connectivity index (χ3n) is 6.21. The van der Waals surface area contributed by atoms with E-state index in [-0.39, 0.29) is 0 Å². The predicted molar refractivity (Wildman–Crippen MR) is 80.2 cm³/mol. The van der Waals surface area contributed by atoms with Gasteiger partial charge >= 0.3 is 0 Å². The zero-order valence-electron chi connectivity index (χ0n) is 12.8. The molecule has 4 saturated carbocycles. The molecule has 4 bridgehead atoms. The lowest BCUT2D eigenvalue weighted by Crippen LogP contribution is -2.48. The van der Waals surface area contributed by atoms with Crippen LogP contribution in [0.5, 0.6) is 0 Å². The van der Waals surface area contributed by atoms with Gasteiger partial charge in [0.15, 0.2) is 0 Å². The molecular weight excluding hydrogens is 246 g/mol. The van der Waals surface area contributed by atoms with E-state index in [9.17, 15) is 0 Å². The van der Waals surface area contributed by atoms with Crippen LogP contribution in [-0.2, 0) is 13.6 Å². The molecule has 0 atom stereocenters. The van der Waals surface area contributed by atoms with Gasteiger partial charge in [0.05, 0.1) is 11.4 Å². The van der Waals surface area contributed by atoms with Crippen LogP contribution in [0.15, 0.2) is 6.07 Å². The van der Waals surface area contributed by atoms with Crippen LogP contribution in [0.2, 0.25) is 0 Å². The van der Waals surface area contributed by atoms with Crippen LogP contribution in [0.25, 0.3) is 0 Å². The molecule has 4 aliphatic rings. The van der Waals surface area contributed by atoms with Gasteiger partial charge in [-0.3, -0.25) is 4.68 Å². The molecule has 110 valence electrons. The van der Waals surface area contributed by atoms with Crippen molar-refractivity contribution < 1.29 is 0 Å². The summed E-state index contributed by atoms with van der Waals surface area (Å²) in [6.45, 7) is 4.26. The van der Waals surface area contributed by atoms with Gasteiger partial charge < -0.3 is 5.32 Å². The maximum Gasteiger partial charge on any atom is 0.0597 e. The number of aryl methyl sites for hydroxylation is 2. The summed E-state index contributed by atoms with van der Waals surface area (Å²) in [5.41, 5.74) is 2.44. The van der Waals surface area contributed by atoms with E-state index in [1.165, 1.54) is 37.9 Å². The van der Waals surface area contributed by atoms with E-state index in [1.807, 2.05) is 11.7 Å². The van der Waals surface area contributed by atoms with Gasteiger partial charge in [-0.2, -0.15) is 5.10 Å². The van der Waals surface area contributed by atoms with Crippen molar-refractivity contribution in [1.29, 1.82) is 0 Å². The van der Waals surface area contributed by atoms with E-state index in [2.05, 4.69) is 23.4 Å². The second kappa shape index (κ2) is 4.87. The summed E-state index contributed by atoms with van der Waals surface area (Å²) in [5.74, 6) is 5.21. The van der Waals surface area contributed by atoms with E-state index < -0.39 is 0 Å². The van der Waals surface area contributed by atoms with Crippen molar-refractivity contribution in [2.75, 3.05) is 6.54 Å². The van der Waals surface area contributed by atoms with Crippen molar-refractivity contribution >= 4 is 0 Å². The quantitative estimate of drug-likeness (QED) is 0.914. The lowest BCUT2D eigenvalue weighted by Gasteiger charge is -2.54. The Kier molecular flexibility index (Phi) is 3.13. The van der Waals surface area contributed by atoms with Gasteiger partial charge in [0.2, 0.25) is 0 Å². The first-order valence-corrected chi connectivity index (χ1v) is 8.39. The molecule has 1 aromatic rings. The topological polar surface area (TPSA) is 29.9 Å². The summed E-state index contributed by atoms with van der Waals surface area (Å²) < 4.78 is 2.01. The highest BCUT2D eigenvalue weighted by Crippen LogP contribution is 2.56. The molecule has 20 heavy (non-hydrogen) atoms. The van der Waals surface area contributed by atoms with Crippen molar-refractivity contribution in [2.45, 2.75) is 45.6 Å². The van der Waals surface area contributed by atoms with Crippen LogP contribution in [0.4, 0.5) is 0 Å². The molecule has 0 spiro atoms. The highest BCUT2D eigenvalue weighted by Gasteiger charge is 2.47. The second-order valence-electron chi connectivity index (χ2n) is 7.63. The van der Waals surface area contributed by atoms with Gasteiger partial charge in [-0.1, -0.05) is 0 Å². The van der Waals surface area contributed by atoms with Crippen LogP contribution in [0, 0.1) is 36.5 Å². The molecule has 0 aromatic carbocycles. The highest BCUT2D eigenvalue weighted by atomic mass is 15.3. The van der Waals surface area contributed by atoms with E-state index in [1.54, 1.807) is 6.42 Å². The van der Waals surface area contributed by atoms with Crippen molar-refractivity contribution in [2.24, 2.45) is 36.6 Å². The fourth-order valence-electron chi connectivity index (χ4n) is 5.57. The molecule has 5 rings (SSSR count). The molecular formula is C17H27N3. The van der Waals surface area contributed by atoms with Gasteiger partial charge in [-0.15, -0.1) is 0 Å². The number of nitrogens with one attached hydrogen (secondary N) is 1. The SMILES string of the molecule is Cc1cc(CNCC2C3CC4CC(C3)CC2C4)n(C)n1. The minimum Gasteiger partial charge on any atom is -0.311 e. The average Bonchev–Trinajstić information content (AvgIpc) is 2.70. The lowest BCUT2D eigenvalue weighted by molar-refractivity contribution is -0.0356. The molecule has 3 heteroatoms. The summed E-state index contributed by atoms with van der Waals surface area (Å²) in [6, 6.07) is 2.20. The van der Waals surface area contributed by atoms with Crippen molar-refractivity contribution in [1.82, 2.24) is 15.1 Å². The molecule has 0 saturated heterocycles. The third kappa shape index (κ3) is 2.20. The number of rotatable bonds is 4. The van der Waals surface area contributed by atoms with Crippen molar-refractivity contribution in [3.05, 3.63) is 17.5 Å². The summed E-state index contributed by atoms with van der Waals surface area (Å²) in [5, 5.41) is 8.15. The Morgan fingerprint density at radius 2 is 1.80 bits per heavy atom. The third-order valence-corrected chi connectivity index (χ3v) is 6.21. The fourth-order valence-corrected chi connectivity index (χ4v) is 5.57. The molecule has 1 N–H and O–H groups in total. The first-order chi connectivity index (χ1) is 9.69. The first kappa shape index (κ1) is 12.9. The molecule has 1 heterocycles. The number of nitrogens with zero attached hydrogens (tertiary/aromatic N) is 2. The molecule has 0 aliphatic heterocycles. The number of aromatic nitrogens is 2.